The van der Waals surface area contributed by atoms with Crippen molar-refractivity contribution in [1.29, 1.82) is 0 Å². The number of fused-ring (bicyclic) bond motifs is 1. The smallest absolute Gasteiger partial charge is 0.308 e. The summed E-state index contributed by atoms with van der Waals surface area (Å²) < 4.78 is 0.958. The van der Waals surface area contributed by atoms with Crippen molar-refractivity contribution in [2.24, 2.45) is 11.8 Å². The molecule has 4 nitrogen and oxygen atoms in total. The summed E-state index contributed by atoms with van der Waals surface area (Å²) in [6.45, 7) is 0. The number of halogens is 1. The third-order valence-corrected chi connectivity index (χ3v) is 5.21. The standard InChI is InChI=1S/C16H15INO3.Li/c17-12-3-1-2-9-4-5-10(15(20)14(9)12)8-11-6-7-13(19)18-16(11)21;/h1,3,10-11H,4-8H2,(H,18,19,21);/q-1;+1. The van der Waals surface area contributed by atoms with Crippen molar-refractivity contribution in [3.63, 3.8) is 0 Å². The molecule has 0 spiro atoms. The van der Waals surface area contributed by atoms with Gasteiger partial charge in [0.2, 0.25) is 11.8 Å². The molecule has 1 heterocycles. The zero-order valence-corrected chi connectivity index (χ0v) is 14.6. The fourth-order valence-electron chi connectivity index (χ4n) is 3.16. The van der Waals surface area contributed by atoms with Crippen LogP contribution in [0.25, 0.3) is 0 Å². The number of hydrogen-bond donors (Lipinski definition) is 1. The van der Waals surface area contributed by atoms with E-state index in [1.54, 1.807) is 0 Å². The van der Waals surface area contributed by atoms with Crippen molar-refractivity contribution in [1.82, 2.24) is 5.32 Å². The Morgan fingerprint density at radius 3 is 2.64 bits per heavy atom. The molecular formula is C16H15ILiNO3. The molecule has 1 saturated heterocycles. The third kappa shape index (κ3) is 3.47. The summed E-state index contributed by atoms with van der Waals surface area (Å²) in [5.74, 6) is -0.642. The van der Waals surface area contributed by atoms with Crippen LogP contribution in [0.2, 0.25) is 0 Å². The van der Waals surface area contributed by atoms with E-state index in [-0.39, 0.29) is 48.3 Å². The van der Waals surface area contributed by atoms with Gasteiger partial charge in [-0.3, -0.25) is 14.9 Å². The number of piperidine rings is 1. The number of rotatable bonds is 2. The molecule has 2 amide bonds. The predicted molar refractivity (Wildman–Crippen MR) is 84.6 cm³/mol. The molecule has 0 aromatic heterocycles. The van der Waals surface area contributed by atoms with Gasteiger partial charge < -0.3 is 4.79 Å². The summed E-state index contributed by atoms with van der Waals surface area (Å²) in [5, 5.41) is 2.37. The van der Waals surface area contributed by atoms with Crippen LogP contribution in [-0.2, 0) is 16.0 Å². The van der Waals surface area contributed by atoms with E-state index in [4.69, 9.17) is 0 Å². The SMILES string of the molecule is O=C1CCC(CC2CCc3[c-]ccc(I)c3C2=O)C(=O)N1.[Li+]. The van der Waals surface area contributed by atoms with Crippen LogP contribution in [0.15, 0.2) is 12.1 Å². The van der Waals surface area contributed by atoms with Gasteiger partial charge in [-0.15, -0.1) is 0 Å². The largest absolute Gasteiger partial charge is 1.00 e. The molecule has 1 fully saturated rings. The van der Waals surface area contributed by atoms with Crippen molar-refractivity contribution in [2.75, 3.05) is 0 Å². The first-order valence-electron chi connectivity index (χ1n) is 7.13. The minimum absolute atomic E-state index is 0. The molecule has 3 rings (SSSR count). The van der Waals surface area contributed by atoms with Crippen LogP contribution in [0.4, 0.5) is 0 Å². The molecule has 0 saturated carbocycles. The summed E-state index contributed by atoms with van der Waals surface area (Å²) in [4.78, 5) is 35.7. The predicted octanol–water partition coefficient (Wildman–Crippen LogP) is -0.717. The van der Waals surface area contributed by atoms with Crippen LogP contribution in [0, 0.1) is 21.5 Å². The maximum Gasteiger partial charge on any atom is 1.00 e. The van der Waals surface area contributed by atoms with Crippen LogP contribution >= 0.6 is 22.6 Å². The summed E-state index contributed by atoms with van der Waals surface area (Å²) in [7, 11) is 0. The average Bonchev–Trinajstić information content (AvgIpc) is 2.44. The van der Waals surface area contributed by atoms with Gasteiger partial charge >= 0.3 is 18.9 Å². The Balaban J connectivity index is 0.00000176. The van der Waals surface area contributed by atoms with E-state index in [1.807, 2.05) is 12.1 Å². The number of benzene rings is 1. The van der Waals surface area contributed by atoms with E-state index in [0.717, 1.165) is 27.5 Å². The van der Waals surface area contributed by atoms with Crippen molar-refractivity contribution < 1.29 is 33.2 Å². The molecule has 6 heteroatoms. The van der Waals surface area contributed by atoms with Gasteiger partial charge in [0.25, 0.3) is 0 Å². The van der Waals surface area contributed by atoms with Gasteiger partial charge in [-0.1, -0.05) is 31.7 Å². The Labute approximate surface area is 155 Å². The van der Waals surface area contributed by atoms with E-state index in [1.165, 1.54) is 0 Å². The zero-order valence-electron chi connectivity index (χ0n) is 12.4. The van der Waals surface area contributed by atoms with E-state index >= 15 is 0 Å². The Morgan fingerprint density at radius 2 is 1.91 bits per heavy atom. The van der Waals surface area contributed by atoms with Gasteiger partial charge in [-0.25, -0.2) is 0 Å². The van der Waals surface area contributed by atoms with Crippen molar-refractivity contribution in [3.8, 4) is 0 Å². The summed E-state index contributed by atoms with van der Waals surface area (Å²) in [5.41, 5.74) is 1.77. The zero-order chi connectivity index (χ0) is 15.0. The number of nitrogens with one attached hydrogen (secondary N) is 1. The maximum atomic E-state index is 12.7. The number of aryl methyl sites for hydroxylation is 1. The number of amides is 2. The third-order valence-electron chi connectivity index (χ3n) is 4.31. The molecule has 1 aliphatic carbocycles. The van der Waals surface area contributed by atoms with Crippen LogP contribution < -0.4 is 24.2 Å². The molecule has 22 heavy (non-hydrogen) atoms. The van der Waals surface area contributed by atoms with E-state index in [9.17, 15) is 14.4 Å². The van der Waals surface area contributed by atoms with Crippen LogP contribution in [0.1, 0.15) is 41.6 Å². The summed E-state index contributed by atoms with van der Waals surface area (Å²) >= 11 is 2.18. The Bertz CT molecular complexity index is 632. The number of Topliss-reactive ketones (excluding diaryl/α,β-unsaturated/α-hetero) is 1. The molecule has 1 aromatic carbocycles. The molecule has 0 bridgehead atoms. The van der Waals surface area contributed by atoms with Crippen molar-refractivity contribution in [2.45, 2.75) is 32.1 Å². The normalized spacial score (nSPS) is 24.3. The van der Waals surface area contributed by atoms with Crippen molar-refractivity contribution in [3.05, 3.63) is 32.9 Å². The number of ketones is 1. The second kappa shape index (κ2) is 7.29. The van der Waals surface area contributed by atoms with Gasteiger partial charge in [-0.05, 0) is 25.7 Å². The van der Waals surface area contributed by atoms with E-state index < -0.39 is 0 Å². The first-order chi connectivity index (χ1) is 10.1. The molecule has 2 atom stereocenters. The number of carbonyl (C=O) groups excluding carboxylic acids is 3. The molecule has 2 unspecified atom stereocenters. The van der Waals surface area contributed by atoms with Crippen LogP contribution in [0.5, 0.6) is 0 Å². The second-order valence-electron chi connectivity index (χ2n) is 5.66. The fourth-order valence-corrected chi connectivity index (χ4v) is 3.94. The van der Waals surface area contributed by atoms with Crippen LogP contribution in [-0.4, -0.2) is 17.6 Å². The summed E-state index contributed by atoms with van der Waals surface area (Å²) in [6.07, 6.45) is 3.07. The second-order valence-corrected chi connectivity index (χ2v) is 6.82. The quantitative estimate of drug-likeness (QED) is 0.307. The Kier molecular flexibility index (Phi) is 5.86. The number of carbonyl (C=O) groups is 3. The molecular weight excluding hydrogens is 388 g/mol. The van der Waals surface area contributed by atoms with E-state index in [2.05, 4.69) is 34.0 Å². The first-order valence-corrected chi connectivity index (χ1v) is 8.21. The Morgan fingerprint density at radius 1 is 1.18 bits per heavy atom. The molecule has 1 aliphatic heterocycles. The minimum Gasteiger partial charge on any atom is -0.308 e. The van der Waals surface area contributed by atoms with E-state index in [0.29, 0.717) is 19.3 Å². The van der Waals surface area contributed by atoms with Gasteiger partial charge in [-0.2, -0.15) is 23.8 Å². The van der Waals surface area contributed by atoms with Crippen molar-refractivity contribution >= 4 is 40.2 Å². The van der Waals surface area contributed by atoms with Gasteiger partial charge in [0.1, 0.15) is 5.78 Å². The minimum atomic E-state index is -0.223. The number of hydrogen-bond acceptors (Lipinski definition) is 3. The first kappa shape index (κ1) is 17.7. The summed E-state index contributed by atoms with van der Waals surface area (Å²) in [6, 6.07) is 6.90. The molecule has 1 aromatic rings. The monoisotopic (exact) mass is 403 g/mol. The van der Waals surface area contributed by atoms with Gasteiger partial charge in [0, 0.05) is 18.3 Å². The number of imide groups is 1. The topological polar surface area (TPSA) is 63.2 Å². The average molecular weight is 403 g/mol. The molecule has 110 valence electrons. The maximum absolute atomic E-state index is 12.7. The fraction of sp³-hybridized carbons (Fsp3) is 0.438. The molecule has 1 N–H and O–H groups in total. The van der Waals surface area contributed by atoms with Crippen LogP contribution in [0.3, 0.4) is 0 Å². The molecule has 0 radical (unpaired) electrons. The van der Waals surface area contributed by atoms with Gasteiger partial charge in [0.05, 0.1) is 0 Å². The van der Waals surface area contributed by atoms with Gasteiger partial charge in [0.15, 0.2) is 0 Å². The Hall–Kier alpha value is -0.643. The molecule has 2 aliphatic rings.